The normalized spacial score (nSPS) is 37.1. The van der Waals surface area contributed by atoms with Crippen LogP contribution in [0.1, 0.15) is 19.3 Å². The Balaban J connectivity index is 1.62. The van der Waals surface area contributed by atoms with Gasteiger partial charge in [0.05, 0.1) is 0 Å². The lowest BCUT2D eigenvalue weighted by Gasteiger charge is -2.40. The Bertz CT molecular complexity index is 273. The van der Waals surface area contributed by atoms with Crippen LogP contribution in [0.15, 0.2) is 0 Å². The van der Waals surface area contributed by atoms with Crippen LogP contribution >= 0.6 is 0 Å². The molecule has 16 heavy (non-hydrogen) atoms. The standard InChI is InChI=1S/C11H20N4O/c16-10-7-9(8-1-2-8)13-11(14-10)15-5-3-12-4-6-15/h8-9,11-13H,1-7H2,(H,14,16). The number of carbonyl (C=O) groups excluding carboxylic acids is 1. The molecular weight excluding hydrogens is 204 g/mol. The van der Waals surface area contributed by atoms with Crippen LogP contribution in [-0.4, -0.2) is 49.3 Å². The molecule has 2 atom stereocenters. The van der Waals surface area contributed by atoms with E-state index < -0.39 is 0 Å². The number of hydrogen-bond donors (Lipinski definition) is 3. The molecule has 3 rings (SSSR count). The predicted molar refractivity (Wildman–Crippen MR) is 60.6 cm³/mol. The first-order chi connectivity index (χ1) is 7.83. The van der Waals surface area contributed by atoms with E-state index in [9.17, 15) is 4.79 Å². The van der Waals surface area contributed by atoms with E-state index in [0.717, 1.165) is 32.1 Å². The van der Waals surface area contributed by atoms with Crippen molar-refractivity contribution in [2.75, 3.05) is 26.2 Å². The summed E-state index contributed by atoms with van der Waals surface area (Å²) in [5.41, 5.74) is 0. The molecule has 90 valence electrons. The monoisotopic (exact) mass is 224 g/mol. The maximum atomic E-state index is 11.7. The third kappa shape index (κ3) is 2.21. The quantitative estimate of drug-likeness (QED) is 0.567. The summed E-state index contributed by atoms with van der Waals surface area (Å²) in [6.45, 7) is 4.05. The van der Waals surface area contributed by atoms with Crippen molar-refractivity contribution >= 4 is 5.91 Å². The van der Waals surface area contributed by atoms with Gasteiger partial charge < -0.3 is 10.6 Å². The SMILES string of the molecule is O=C1CC(C2CC2)NC(N2CCNCC2)N1. The molecule has 5 nitrogen and oxygen atoms in total. The van der Waals surface area contributed by atoms with Gasteiger partial charge in [-0.1, -0.05) is 0 Å². The molecule has 0 bridgehead atoms. The Hall–Kier alpha value is -0.650. The van der Waals surface area contributed by atoms with Crippen molar-refractivity contribution in [3.8, 4) is 0 Å². The Morgan fingerprint density at radius 3 is 2.62 bits per heavy atom. The van der Waals surface area contributed by atoms with Crippen LogP contribution in [0.4, 0.5) is 0 Å². The van der Waals surface area contributed by atoms with Crippen LogP contribution < -0.4 is 16.0 Å². The molecule has 3 fully saturated rings. The number of nitrogens with zero attached hydrogens (tertiary/aromatic N) is 1. The second kappa shape index (κ2) is 4.31. The van der Waals surface area contributed by atoms with Crippen molar-refractivity contribution < 1.29 is 4.79 Å². The van der Waals surface area contributed by atoms with E-state index >= 15 is 0 Å². The Morgan fingerprint density at radius 1 is 1.19 bits per heavy atom. The molecule has 1 aliphatic carbocycles. The summed E-state index contributed by atoms with van der Waals surface area (Å²) in [6, 6.07) is 0.411. The topological polar surface area (TPSA) is 56.4 Å². The highest BCUT2D eigenvalue weighted by molar-refractivity contribution is 5.77. The van der Waals surface area contributed by atoms with E-state index in [1.54, 1.807) is 0 Å². The highest BCUT2D eigenvalue weighted by atomic mass is 16.2. The summed E-state index contributed by atoms with van der Waals surface area (Å²) in [7, 11) is 0. The van der Waals surface area contributed by atoms with Gasteiger partial charge >= 0.3 is 0 Å². The highest BCUT2D eigenvalue weighted by Crippen LogP contribution is 2.35. The fourth-order valence-corrected chi connectivity index (χ4v) is 2.65. The fourth-order valence-electron chi connectivity index (χ4n) is 2.65. The van der Waals surface area contributed by atoms with Gasteiger partial charge in [0.2, 0.25) is 5.91 Å². The van der Waals surface area contributed by atoms with E-state index in [-0.39, 0.29) is 12.2 Å². The average molecular weight is 224 g/mol. The summed E-state index contributed by atoms with van der Waals surface area (Å²) in [6.07, 6.45) is 3.31. The Kier molecular flexibility index (Phi) is 2.83. The molecule has 3 N–H and O–H groups in total. The van der Waals surface area contributed by atoms with E-state index in [1.165, 1.54) is 12.8 Å². The molecule has 2 heterocycles. The number of carbonyl (C=O) groups is 1. The molecule has 2 aliphatic heterocycles. The van der Waals surface area contributed by atoms with Crippen LogP contribution in [-0.2, 0) is 4.79 Å². The van der Waals surface area contributed by atoms with Crippen LogP contribution in [0.2, 0.25) is 0 Å². The minimum Gasteiger partial charge on any atom is -0.328 e. The second-order valence-corrected chi connectivity index (χ2v) is 5.07. The predicted octanol–water partition coefficient (Wildman–Crippen LogP) is -0.937. The van der Waals surface area contributed by atoms with E-state index in [2.05, 4.69) is 20.9 Å². The third-order valence-corrected chi connectivity index (χ3v) is 3.78. The molecule has 1 saturated carbocycles. The zero-order valence-corrected chi connectivity index (χ0v) is 9.54. The maximum absolute atomic E-state index is 11.7. The molecule has 3 aliphatic rings. The van der Waals surface area contributed by atoms with Gasteiger partial charge in [-0.05, 0) is 18.8 Å². The minimum absolute atomic E-state index is 0.0638. The molecule has 5 heteroatoms. The molecule has 2 saturated heterocycles. The maximum Gasteiger partial charge on any atom is 0.223 e. The molecule has 0 spiro atoms. The van der Waals surface area contributed by atoms with Gasteiger partial charge in [0.25, 0.3) is 0 Å². The van der Waals surface area contributed by atoms with Gasteiger partial charge in [-0.15, -0.1) is 0 Å². The largest absolute Gasteiger partial charge is 0.328 e. The Morgan fingerprint density at radius 2 is 1.94 bits per heavy atom. The lowest BCUT2D eigenvalue weighted by atomic mass is 10.1. The average Bonchev–Trinajstić information content (AvgIpc) is 3.13. The van der Waals surface area contributed by atoms with Gasteiger partial charge in [0.15, 0.2) is 0 Å². The first-order valence-electron chi connectivity index (χ1n) is 6.33. The number of hydrogen-bond acceptors (Lipinski definition) is 4. The van der Waals surface area contributed by atoms with Crippen molar-refractivity contribution in [2.24, 2.45) is 5.92 Å². The number of piperazine rings is 1. The van der Waals surface area contributed by atoms with Crippen LogP contribution in [0.3, 0.4) is 0 Å². The number of amides is 1. The zero-order valence-electron chi connectivity index (χ0n) is 9.54. The minimum atomic E-state index is 0.0638. The van der Waals surface area contributed by atoms with E-state index in [1.807, 2.05) is 0 Å². The van der Waals surface area contributed by atoms with Crippen molar-refractivity contribution in [3.05, 3.63) is 0 Å². The second-order valence-electron chi connectivity index (χ2n) is 5.07. The first-order valence-corrected chi connectivity index (χ1v) is 6.33. The molecule has 2 unspecified atom stereocenters. The summed E-state index contributed by atoms with van der Waals surface area (Å²) in [5.74, 6) is 0.954. The summed E-state index contributed by atoms with van der Waals surface area (Å²) in [4.78, 5) is 14.0. The number of rotatable bonds is 2. The van der Waals surface area contributed by atoms with Gasteiger partial charge in [0.1, 0.15) is 6.29 Å². The first kappa shape index (κ1) is 10.5. The molecule has 1 amide bonds. The third-order valence-electron chi connectivity index (χ3n) is 3.78. The van der Waals surface area contributed by atoms with Crippen molar-refractivity contribution in [2.45, 2.75) is 31.6 Å². The van der Waals surface area contributed by atoms with Gasteiger partial charge in [0, 0.05) is 38.6 Å². The van der Waals surface area contributed by atoms with E-state index in [4.69, 9.17) is 0 Å². The molecule has 0 aromatic heterocycles. The van der Waals surface area contributed by atoms with Crippen LogP contribution in [0.5, 0.6) is 0 Å². The smallest absolute Gasteiger partial charge is 0.223 e. The lowest BCUT2D eigenvalue weighted by Crippen LogP contribution is -2.66. The number of nitrogens with one attached hydrogen (secondary N) is 3. The molecular formula is C11H20N4O. The summed E-state index contributed by atoms with van der Waals surface area (Å²) >= 11 is 0. The molecule has 0 radical (unpaired) electrons. The van der Waals surface area contributed by atoms with Gasteiger partial charge in [-0.3, -0.25) is 15.0 Å². The Labute approximate surface area is 95.9 Å². The molecule has 0 aromatic carbocycles. The van der Waals surface area contributed by atoms with Crippen LogP contribution in [0, 0.1) is 5.92 Å². The van der Waals surface area contributed by atoms with Gasteiger partial charge in [-0.2, -0.15) is 0 Å². The van der Waals surface area contributed by atoms with E-state index in [0.29, 0.717) is 12.5 Å². The zero-order chi connectivity index (χ0) is 11.0. The summed E-state index contributed by atoms with van der Waals surface area (Å²) < 4.78 is 0. The molecule has 0 aromatic rings. The lowest BCUT2D eigenvalue weighted by molar-refractivity contribution is -0.127. The fraction of sp³-hybridized carbons (Fsp3) is 0.909. The van der Waals surface area contributed by atoms with Crippen molar-refractivity contribution in [3.63, 3.8) is 0 Å². The van der Waals surface area contributed by atoms with Crippen LogP contribution in [0.25, 0.3) is 0 Å². The summed E-state index contributed by atoms with van der Waals surface area (Å²) in [5, 5.41) is 9.96. The van der Waals surface area contributed by atoms with Gasteiger partial charge in [-0.25, -0.2) is 0 Å². The van der Waals surface area contributed by atoms with Crippen molar-refractivity contribution in [1.29, 1.82) is 0 Å². The highest BCUT2D eigenvalue weighted by Gasteiger charge is 2.38. The van der Waals surface area contributed by atoms with Crippen molar-refractivity contribution in [1.82, 2.24) is 20.9 Å².